The number of rotatable bonds is 5. The zero-order valence-corrected chi connectivity index (χ0v) is 13.7. The van der Waals surface area contributed by atoms with Crippen LogP contribution in [-0.4, -0.2) is 19.0 Å². The molecule has 2 aromatic rings. The van der Waals surface area contributed by atoms with Crippen molar-refractivity contribution in [3.8, 4) is 0 Å². The minimum absolute atomic E-state index is 0. The Labute approximate surface area is 137 Å². The third-order valence-corrected chi connectivity index (χ3v) is 4.33. The van der Waals surface area contributed by atoms with E-state index in [4.69, 9.17) is 4.42 Å². The number of furan rings is 1. The third kappa shape index (κ3) is 3.81. The van der Waals surface area contributed by atoms with Crippen molar-refractivity contribution in [2.75, 3.05) is 13.1 Å². The summed E-state index contributed by atoms with van der Waals surface area (Å²) in [5.41, 5.74) is 2.00. The van der Waals surface area contributed by atoms with Gasteiger partial charge in [0.05, 0.1) is 6.54 Å². The Bertz CT molecular complexity index is 633. The molecule has 1 atom stereocenters. The maximum absolute atomic E-state index is 11.9. The van der Waals surface area contributed by atoms with Crippen LogP contribution in [0, 0.1) is 12.8 Å². The molecule has 1 aliphatic rings. The molecule has 0 spiro atoms. The lowest BCUT2D eigenvalue weighted by molar-refractivity contribution is -0.121. The van der Waals surface area contributed by atoms with E-state index in [1.54, 1.807) is 0 Å². The van der Waals surface area contributed by atoms with Crippen LogP contribution in [0.1, 0.15) is 30.6 Å². The van der Waals surface area contributed by atoms with Gasteiger partial charge in [-0.15, -0.1) is 12.4 Å². The maximum atomic E-state index is 11.9. The largest absolute Gasteiger partial charge is 0.459 e. The van der Waals surface area contributed by atoms with Crippen molar-refractivity contribution in [1.29, 1.82) is 0 Å². The van der Waals surface area contributed by atoms with Gasteiger partial charge in [0.1, 0.15) is 11.3 Å². The molecule has 0 radical (unpaired) electrons. The lowest BCUT2D eigenvalue weighted by Gasteiger charge is -2.08. The first-order valence-electron chi connectivity index (χ1n) is 7.68. The molecule has 0 saturated carbocycles. The molecular weight excluding hydrogens is 300 g/mol. The van der Waals surface area contributed by atoms with Crippen molar-refractivity contribution in [2.24, 2.45) is 5.92 Å². The minimum Gasteiger partial charge on any atom is -0.459 e. The van der Waals surface area contributed by atoms with Crippen LogP contribution in [0.3, 0.4) is 0 Å². The Morgan fingerprint density at radius 2 is 2.23 bits per heavy atom. The van der Waals surface area contributed by atoms with E-state index in [-0.39, 0.29) is 18.3 Å². The fourth-order valence-corrected chi connectivity index (χ4v) is 2.96. The first kappa shape index (κ1) is 16.8. The van der Waals surface area contributed by atoms with Crippen LogP contribution >= 0.6 is 12.4 Å². The first-order chi connectivity index (χ1) is 10.2. The molecule has 2 N–H and O–H groups in total. The highest BCUT2D eigenvalue weighted by Crippen LogP contribution is 2.24. The first-order valence-corrected chi connectivity index (χ1v) is 7.68. The van der Waals surface area contributed by atoms with Crippen molar-refractivity contribution < 1.29 is 9.21 Å². The number of carbonyl (C=O) groups excluding carboxylic acids is 1. The van der Waals surface area contributed by atoms with Gasteiger partial charge in [0, 0.05) is 17.4 Å². The van der Waals surface area contributed by atoms with Crippen LogP contribution in [0.5, 0.6) is 0 Å². The van der Waals surface area contributed by atoms with E-state index in [1.807, 2.05) is 31.2 Å². The van der Waals surface area contributed by atoms with Crippen molar-refractivity contribution in [2.45, 2.75) is 32.7 Å². The average Bonchev–Trinajstić information content (AvgIpc) is 3.12. The monoisotopic (exact) mass is 322 g/mol. The number of fused-ring (bicyclic) bond motifs is 1. The molecule has 22 heavy (non-hydrogen) atoms. The molecule has 1 aromatic carbocycles. The summed E-state index contributed by atoms with van der Waals surface area (Å²) in [5.74, 6) is 1.62. The summed E-state index contributed by atoms with van der Waals surface area (Å²) in [6.45, 7) is 4.65. The summed E-state index contributed by atoms with van der Waals surface area (Å²) in [5, 5.41) is 7.43. The standard InChI is InChI=1S/C17H22N2O2.ClH/c1-12-14-4-2-3-5-15(14)21-16(12)11-19-17(20)7-6-13-8-9-18-10-13;/h2-5,13,18H,6-11H2,1H3,(H,19,20);1H. The number of hydrogen-bond donors (Lipinski definition) is 2. The number of aryl methyl sites for hydroxylation is 1. The number of nitrogens with one attached hydrogen (secondary N) is 2. The number of halogens is 1. The van der Waals surface area contributed by atoms with Gasteiger partial charge >= 0.3 is 0 Å². The molecule has 1 aliphatic heterocycles. The molecule has 1 fully saturated rings. The molecular formula is C17H23ClN2O2. The van der Waals surface area contributed by atoms with Crippen LogP contribution in [0.15, 0.2) is 28.7 Å². The van der Waals surface area contributed by atoms with Crippen molar-refractivity contribution in [3.05, 3.63) is 35.6 Å². The van der Waals surface area contributed by atoms with E-state index in [2.05, 4.69) is 10.6 Å². The van der Waals surface area contributed by atoms with Crippen molar-refractivity contribution in [3.63, 3.8) is 0 Å². The fraction of sp³-hybridized carbons (Fsp3) is 0.471. The Kier molecular flexibility index (Phi) is 5.86. The Morgan fingerprint density at radius 3 is 2.95 bits per heavy atom. The van der Waals surface area contributed by atoms with Gasteiger partial charge in [-0.25, -0.2) is 0 Å². The van der Waals surface area contributed by atoms with Gasteiger partial charge in [0.2, 0.25) is 5.91 Å². The third-order valence-electron chi connectivity index (χ3n) is 4.33. The second kappa shape index (κ2) is 7.65. The molecule has 0 aliphatic carbocycles. The molecule has 1 amide bonds. The highest BCUT2D eigenvalue weighted by atomic mass is 35.5. The fourth-order valence-electron chi connectivity index (χ4n) is 2.96. The van der Waals surface area contributed by atoms with Gasteiger partial charge in [-0.3, -0.25) is 4.79 Å². The van der Waals surface area contributed by atoms with Crippen LogP contribution in [0.4, 0.5) is 0 Å². The second-order valence-corrected chi connectivity index (χ2v) is 5.82. The van der Waals surface area contributed by atoms with E-state index in [0.29, 0.717) is 18.9 Å². The van der Waals surface area contributed by atoms with E-state index in [9.17, 15) is 4.79 Å². The molecule has 1 aromatic heterocycles. The average molecular weight is 323 g/mol. The van der Waals surface area contributed by atoms with Gasteiger partial charge in [0.15, 0.2) is 0 Å². The normalized spacial score (nSPS) is 17.4. The predicted molar refractivity (Wildman–Crippen MR) is 90.3 cm³/mol. The Balaban J connectivity index is 0.00000176. The molecule has 1 saturated heterocycles. The van der Waals surface area contributed by atoms with Gasteiger partial charge in [0.25, 0.3) is 0 Å². The van der Waals surface area contributed by atoms with Gasteiger partial charge < -0.3 is 15.1 Å². The second-order valence-electron chi connectivity index (χ2n) is 5.82. The summed E-state index contributed by atoms with van der Waals surface area (Å²) >= 11 is 0. The summed E-state index contributed by atoms with van der Waals surface area (Å²) in [4.78, 5) is 11.9. The topological polar surface area (TPSA) is 54.3 Å². The van der Waals surface area contributed by atoms with Gasteiger partial charge in [-0.1, -0.05) is 18.2 Å². The van der Waals surface area contributed by atoms with E-state index in [0.717, 1.165) is 41.8 Å². The van der Waals surface area contributed by atoms with Crippen LogP contribution in [-0.2, 0) is 11.3 Å². The molecule has 5 heteroatoms. The number of carbonyl (C=O) groups is 1. The van der Waals surface area contributed by atoms with E-state index >= 15 is 0 Å². The van der Waals surface area contributed by atoms with Crippen LogP contribution in [0.25, 0.3) is 11.0 Å². The van der Waals surface area contributed by atoms with E-state index in [1.165, 1.54) is 6.42 Å². The Hall–Kier alpha value is -1.52. The quantitative estimate of drug-likeness (QED) is 0.889. The molecule has 3 rings (SSSR count). The predicted octanol–water partition coefficient (Wildman–Crippen LogP) is 3.17. The Morgan fingerprint density at radius 1 is 1.41 bits per heavy atom. The molecule has 120 valence electrons. The molecule has 1 unspecified atom stereocenters. The zero-order valence-electron chi connectivity index (χ0n) is 12.9. The highest BCUT2D eigenvalue weighted by molar-refractivity contribution is 5.85. The zero-order chi connectivity index (χ0) is 14.7. The molecule has 0 bridgehead atoms. The highest BCUT2D eigenvalue weighted by Gasteiger charge is 2.16. The SMILES string of the molecule is Cc1c(CNC(=O)CCC2CCNC2)oc2ccccc12.Cl. The maximum Gasteiger partial charge on any atom is 0.220 e. The summed E-state index contributed by atoms with van der Waals surface area (Å²) in [6.07, 6.45) is 2.76. The smallest absolute Gasteiger partial charge is 0.220 e. The molecule has 2 heterocycles. The van der Waals surface area contributed by atoms with Crippen LogP contribution < -0.4 is 10.6 Å². The number of para-hydroxylation sites is 1. The van der Waals surface area contributed by atoms with Crippen molar-refractivity contribution in [1.82, 2.24) is 10.6 Å². The number of benzene rings is 1. The lowest BCUT2D eigenvalue weighted by atomic mass is 10.0. The summed E-state index contributed by atoms with van der Waals surface area (Å²) in [6, 6.07) is 7.97. The minimum atomic E-state index is 0. The van der Waals surface area contributed by atoms with Gasteiger partial charge in [-0.05, 0) is 44.8 Å². The number of hydrogen-bond acceptors (Lipinski definition) is 3. The van der Waals surface area contributed by atoms with Crippen LogP contribution in [0.2, 0.25) is 0 Å². The summed E-state index contributed by atoms with van der Waals surface area (Å²) < 4.78 is 5.80. The van der Waals surface area contributed by atoms with Gasteiger partial charge in [-0.2, -0.15) is 0 Å². The molecule has 4 nitrogen and oxygen atoms in total. The number of amides is 1. The summed E-state index contributed by atoms with van der Waals surface area (Å²) in [7, 11) is 0. The van der Waals surface area contributed by atoms with Crippen molar-refractivity contribution >= 4 is 29.3 Å². The lowest BCUT2D eigenvalue weighted by Crippen LogP contribution is -2.23. The van der Waals surface area contributed by atoms with E-state index < -0.39 is 0 Å².